The van der Waals surface area contributed by atoms with Gasteiger partial charge in [-0.05, 0) is 29.4 Å². The van der Waals surface area contributed by atoms with Crippen molar-refractivity contribution in [2.24, 2.45) is 0 Å². The van der Waals surface area contributed by atoms with E-state index in [1.165, 1.54) is 0 Å². The van der Waals surface area contributed by atoms with E-state index in [2.05, 4.69) is 6.92 Å². The second-order valence-electron chi connectivity index (χ2n) is 5.40. The summed E-state index contributed by atoms with van der Waals surface area (Å²) in [6, 6.07) is 7.65. The molecule has 0 radical (unpaired) electrons. The first-order valence-corrected chi connectivity index (χ1v) is 6.32. The first-order chi connectivity index (χ1) is 8.49. The fraction of sp³-hybridized carbons (Fsp3) is 0.467. The van der Waals surface area contributed by atoms with Crippen LogP contribution in [0.4, 0.5) is 0 Å². The average molecular weight is 246 g/mol. The third kappa shape index (κ3) is 2.78. The number of hydrogen-bond donors (Lipinski definition) is 1. The van der Waals surface area contributed by atoms with Crippen LogP contribution in [0.2, 0.25) is 0 Å². The average Bonchev–Trinajstić information content (AvgIpc) is 2.28. The number of aliphatic carboxylic acids is 1. The zero-order valence-electron chi connectivity index (χ0n) is 10.6. The molecule has 1 fully saturated rings. The van der Waals surface area contributed by atoms with Crippen LogP contribution in [0.15, 0.2) is 24.3 Å². The maximum atomic E-state index is 11.6. The molecule has 2 rings (SSSR count). The van der Waals surface area contributed by atoms with Gasteiger partial charge in [-0.25, -0.2) is 0 Å². The number of benzene rings is 1. The Kier molecular flexibility index (Phi) is 3.50. The van der Waals surface area contributed by atoms with Gasteiger partial charge in [0.15, 0.2) is 0 Å². The SMILES string of the molecule is CC1(c2ccc(CC(=O)O)cc2)CCCC(=O)C1. The van der Waals surface area contributed by atoms with Gasteiger partial charge in [0, 0.05) is 12.8 Å². The van der Waals surface area contributed by atoms with Crippen LogP contribution in [0.3, 0.4) is 0 Å². The fourth-order valence-electron chi connectivity index (χ4n) is 2.73. The Morgan fingerprint density at radius 1 is 1.33 bits per heavy atom. The predicted octanol–water partition coefficient (Wildman–Crippen LogP) is 2.71. The number of carboxylic acid groups (broad SMARTS) is 1. The molecule has 1 saturated carbocycles. The van der Waals surface area contributed by atoms with E-state index in [0.717, 1.165) is 24.0 Å². The van der Waals surface area contributed by atoms with Crippen LogP contribution < -0.4 is 0 Å². The second-order valence-corrected chi connectivity index (χ2v) is 5.40. The summed E-state index contributed by atoms with van der Waals surface area (Å²) in [5.74, 6) is -0.486. The Hall–Kier alpha value is -1.64. The summed E-state index contributed by atoms with van der Waals surface area (Å²) in [5.41, 5.74) is 1.87. The summed E-state index contributed by atoms with van der Waals surface area (Å²) in [5, 5.41) is 8.73. The quantitative estimate of drug-likeness (QED) is 0.892. The Bertz CT molecular complexity index is 461. The first-order valence-electron chi connectivity index (χ1n) is 6.32. The van der Waals surface area contributed by atoms with Crippen molar-refractivity contribution in [3.05, 3.63) is 35.4 Å². The molecule has 1 aromatic carbocycles. The molecule has 1 N–H and O–H groups in total. The van der Waals surface area contributed by atoms with Gasteiger partial charge in [-0.3, -0.25) is 9.59 Å². The molecule has 0 saturated heterocycles. The maximum absolute atomic E-state index is 11.6. The van der Waals surface area contributed by atoms with E-state index in [9.17, 15) is 9.59 Å². The predicted molar refractivity (Wildman–Crippen MR) is 68.6 cm³/mol. The van der Waals surface area contributed by atoms with Gasteiger partial charge in [0.05, 0.1) is 6.42 Å². The number of carbonyl (C=O) groups is 2. The molecule has 0 bridgehead atoms. The molecule has 0 aromatic heterocycles. The normalized spacial score (nSPS) is 23.9. The van der Waals surface area contributed by atoms with E-state index < -0.39 is 5.97 Å². The number of ketones is 1. The van der Waals surface area contributed by atoms with E-state index in [0.29, 0.717) is 18.6 Å². The summed E-state index contributed by atoms with van der Waals surface area (Å²) in [4.78, 5) is 22.2. The van der Waals surface area contributed by atoms with Gasteiger partial charge in [-0.2, -0.15) is 0 Å². The molecule has 3 nitrogen and oxygen atoms in total. The molecule has 0 aliphatic heterocycles. The molecule has 96 valence electrons. The van der Waals surface area contributed by atoms with Gasteiger partial charge in [0.25, 0.3) is 0 Å². The van der Waals surface area contributed by atoms with Crippen LogP contribution >= 0.6 is 0 Å². The number of Topliss-reactive ketones (excluding diaryl/α,β-unsaturated/α-hetero) is 1. The fourth-order valence-corrected chi connectivity index (χ4v) is 2.73. The minimum Gasteiger partial charge on any atom is -0.481 e. The largest absolute Gasteiger partial charge is 0.481 e. The summed E-state index contributed by atoms with van der Waals surface area (Å²) in [6.45, 7) is 2.12. The minimum absolute atomic E-state index is 0.0515. The highest BCUT2D eigenvalue weighted by molar-refractivity contribution is 5.80. The molecule has 0 spiro atoms. The molecule has 1 unspecified atom stereocenters. The molecule has 3 heteroatoms. The van der Waals surface area contributed by atoms with Crippen molar-refractivity contribution < 1.29 is 14.7 Å². The third-order valence-corrected chi connectivity index (χ3v) is 3.78. The van der Waals surface area contributed by atoms with Crippen LogP contribution in [-0.2, 0) is 21.4 Å². The van der Waals surface area contributed by atoms with Crippen molar-refractivity contribution in [3.8, 4) is 0 Å². The highest BCUT2D eigenvalue weighted by atomic mass is 16.4. The molecule has 1 aliphatic carbocycles. The van der Waals surface area contributed by atoms with Crippen LogP contribution in [0.5, 0.6) is 0 Å². The number of rotatable bonds is 3. The van der Waals surface area contributed by atoms with E-state index in [-0.39, 0.29) is 11.8 Å². The topological polar surface area (TPSA) is 54.4 Å². The number of carbonyl (C=O) groups excluding carboxylic acids is 1. The van der Waals surface area contributed by atoms with Crippen LogP contribution in [0, 0.1) is 0 Å². The number of hydrogen-bond acceptors (Lipinski definition) is 2. The van der Waals surface area contributed by atoms with E-state index in [4.69, 9.17) is 5.11 Å². The van der Waals surface area contributed by atoms with Crippen molar-refractivity contribution >= 4 is 11.8 Å². The van der Waals surface area contributed by atoms with Gasteiger partial charge in [-0.1, -0.05) is 31.2 Å². The Morgan fingerprint density at radius 3 is 2.56 bits per heavy atom. The van der Waals surface area contributed by atoms with Crippen molar-refractivity contribution in [1.29, 1.82) is 0 Å². The Balaban J connectivity index is 2.18. The lowest BCUT2D eigenvalue weighted by Gasteiger charge is -2.33. The van der Waals surface area contributed by atoms with E-state index in [1.54, 1.807) is 0 Å². The molecule has 0 amide bonds. The van der Waals surface area contributed by atoms with Crippen molar-refractivity contribution in [1.82, 2.24) is 0 Å². The standard InChI is InChI=1S/C15H18O3/c1-15(8-2-3-13(16)10-15)12-6-4-11(5-7-12)9-14(17)18/h4-7H,2-3,8-10H2,1H3,(H,17,18). The van der Waals surface area contributed by atoms with Crippen molar-refractivity contribution in [2.75, 3.05) is 0 Å². The van der Waals surface area contributed by atoms with Crippen LogP contribution in [0.25, 0.3) is 0 Å². The molecule has 1 atom stereocenters. The lowest BCUT2D eigenvalue weighted by Crippen LogP contribution is -2.29. The zero-order chi connectivity index (χ0) is 13.2. The lowest BCUT2D eigenvalue weighted by molar-refractivity contribution is -0.136. The highest BCUT2D eigenvalue weighted by Crippen LogP contribution is 2.37. The Labute approximate surface area is 107 Å². The van der Waals surface area contributed by atoms with Crippen molar-refractivity contribution in [3.63, 3.8) is 0 Å². The van der Waals surface area contributed by atoms with Crippen LogP contribution in [0.1, 0.15) is 43.7 Å². The lowest BCUT2D eigenvalue weighted by atomic mass is 9.70. The van der Waals surface area contributed by atoms with E-state index in [1.807, 2.05) is 24.3 Å². The second kappa shape index (κ2) is 4.92. The zero-order valence-corrected chi connectivity index (χ0v) is 10.6. The highest BCUT2D eigenvalue weighted by Gasteiger charge is 2.32. The summed E-state index contributed by atoms with van der Waals surface area (Å²) in [7, 11) is 0. The van der Waals surface area contributed by atoms with Gasteiger partial charge in [0.1, 0.15) is 5.78 Å². The minimum atomic E-state index is -0.818. The summed E-state index contributed by atoms with van der Waals surface area (Å²) in [6.07, 6.45) is 3.33. The Morgan fingerprint density at radius 2 is 2.00 bits per heavy atom. The molecular weight excluding hydrogens is 228 g/mol. The van der Waals surface area contributed by atoms with Gasteiger partial charge in [-0.15, -0.1) is 0 Å². The molecule has 1 aliphatic rings. The summed E-state index contributed by atoms with van der Waals surface area (Å²) >= 11 is 0. The molecular formula is C15H18O3. The molecule has 0 heterocycles. The van der Waals surface area contributed by atoms with Gasteiger partial charge >= 0.3 is 5.97 Å². The van der Waals surface area contributed by atoms with Gasteiger partial charge in [0.2, 0.25) is 0 Å². The molecule has 1 aromatic rings. The maximum Gasteiger partial charge on any atom is 0.307 e. The van der Waals surface area contributed by atoms with Crippen molar-refractivity contribution in [2.45, 2.75) is 44.4 Å². The van der Waals surface area contributed by atoms with Crippen LogP contribution in [-0.4, -0.2) is 16.9 Å². The summed E-state index contributed by atoms with van der Waals surface area (Å²) < 4.78 is 0. The van der Waals surface area contributed by atoms with Gasteiger partial charge < -0.3 is 5.11 Å². The third-order valence-electron chi connectivity index (χ3n) is 3.78. The first kappa shape index (κ1) is 12.8. The number of carboxylic acids is 1. The van der Waals surface area contributed by atoms with E-state index >= 15 is 0 Å². The molecule has 18 heavy (non-hydrogen) atoms. The smallest absolute Gasteiger partial charge is 0.307 e. The monoisotopic (exact) mass is 246 g/mol.